The Bertz CT molecular complexity index is 1220. The second-order valence-corrected chi connectivity index (χ2v) is 9.79. The second-order valence-electron chi connectivity index (χ2n) is 9.79. The summed E-state index contributed by atoms with van der Waals surface area (Å²) in [6, 6.07) is 17.4. The van der Waals surface area contributed by atoms with E-state index in [9.17, 15) is 22.4 Å². The van der Waals surface area contributed by atoms with E-state index in [-0.39, 0.29) is 29.8 Å². The summed E-state index contributed by atoms with van der Waals surface area (Å²) >= 11 is 0. The molecule has 0 N–H and O–H groups in total. The molecule has 3 fully saturated rings. The van der Waals surface area contributed by atoms with Gasteiger partial charge in [-0.1, -0.05) is 42.5 Å². The molecule has 3 aromatic carbocycles. The van der Waals surface area contributed by atoms with Crippen molar-refractivity contribution in [3.63, 3.8) is 0 Å². The Labute approximate surface area is 207 Å². The molecule has 6 rings (SSSR count). The highest BCUT2D eigenvalue weighted by Gasteiger charge is 2.48. The van der Waals surface area contributed by atoms with E-state index < -0.39 is 29.4 Å². The minimum atomic E-state index is -1.60. The number of hydrogen-bond acceptors (Lipinski definition) is 2. The summed E-state index contributed by atoms with van der Waals surface area (Å²) in [5, 5.41) is 0. The van der Waals surface area contributed by atoms with Gasteiger partial charge in [0.05, 0.1) is 25.3 Å². The zero-order valence-electron chi connectivity index (χ0n) is 19.7. The number of para-hydroxylation sites is 1. The van der Waals surface area contributed by atoms with Crippen molar-refractivity contribution in [2.45, 2.75) is 32.0 Å². The minimum absolute atomic E-state index is 0.0203. The number of amides is 1. The number of benzene rings is 3. The maximum Gasteiger partial charge on any atom is 0.415 e. The lowest BCUT2D eigenvalue weighted by atomic mass is 9.83. The normalized spacial score (nSPS) is 22.9. The summed E-state index contributed by atoms with van der Waals surface area (Å²) in [6.45, 7) is 3.11. The Hall–Kier alpha value is -3.39. The van der Waals surface area contributed by atoms with Crippen LogP contribution in [0.15, 0.2) is 66.7 Å². The van der Waals surface area contributed by atoms with Crippen molar-refractivity contribution in [1.29, 1.82) is 0 Å². The second kappa shape index (κ2) is 9.93. The fraction of sp³-hybridized carbons (Fsp3) is 0.321. The molecule has 188 valence electrons. The Morgan fingerprint density at radius 3 is 2.17 bits per heavy atom. The third-order valence-corrected chi connectivity index (χ3v) is 7.40. The lowest BCUT2D eigenvalue weighted by Gasteiger charge is -2.52. The van der Waals surface area contributed by atoms with Gasteiger partial charge in [-0.05, 0) is 29.8 Å². The van der Waals surface area contributed by atoms with Crippen molar-refractivity contribution in [3.05, 3.63) is 101 Å². The van der Waals surface area contributed by atoms with Crippen LogP contribution in [0.2, 0.25) is 0 Å². The molecular weight excluding hydrogens is 472 g/mol. The molecule has 3 aliphatic rings. The van der Waals surface area contributed by atoms with E-state index in [4.69, 9.17) is 4.74 Å². The molecule has 1 amide bonds. The molecular formula is C28H27F4N2O2+. The molecule has 0 spiro atoms. The quantitative estimate of drug-likeness (QED) is 0.230. The van der Waals surface area contributed by atoms with E-state index in [0.29, 0.717) is 6.54 Å². The lowest BCUT2D eigenvalue weighted by molar-refractivity contribution is -0.958. The Morgan fingerprint density at radius 1 is 0.861 bits per heavy atom. The van der Waals surface area contributed by atoms with Crippen LogP contribution in [0.1, 0.15) is 24.0 Å². The van der Waals surface area contributed by atoms with E-state index in [1.54, 1.807) is 6.07 Å². The molecule has 8 heteroatoms. The average molecular weight is 500 g/mol. The third kappa shape index (κ3) is 4.95. The number of hydrogen-bond donors (Lipinski definition) is 0. The monoisotopic (exact) mass is 499 g/mol. The standard InChI is InChI=1S/C28H27F4N2O2/c29-22-8-4-5-9-25(22)33(16-20-14-23(30)27(32)24(31)15-20)28(35)36-26-18-34(12-10-21(26)11-13-34)17-19-6-2-1-3-7-19/h1-9,14-15,21,26H,10-13,16-18H2/q+1. The van der Waals surface area contributed by atoms with Crippen LogP contribution < -0.4 is 4.90 Å². The van der Waals surface area contributed by atoms with Gasteiger partial charge in [0, 0.05) is 24.3 Å². The summed E-state index contributed by atoms with van der Waals surface area (Å²) in [5.41, 5.74) is 1.12. The highest BCUT2D eigenvalue weighted by Crippen LogP contribution is 2.37. The van der Waals surface area contributed by atoms with Crippen LogP contribution in [0.25, 0.3) is 0 Å². The van der Waals surface area contributed by atoms with Crippen LogP contribution in [0.5, 0.6) is 0 Å². The molecule has 1 atom stereocenters. The summed E-state index contributed by atoms with van der Waals surface area (Å²) in [5.74, 6) is -4.83. The molecule has 2 bridgehead atoms. The number of carbonyl (C=O) groups is 1. The fourth-order valence-electron chi connectivity index (χ4n) is 5.54. The molecule has 0 saturated carbocycles. The van der Waals surface area contributed by atoms with E-state index in [0.717, 1.165) is 54.0 Å². The SMILES string of the molecule is O=C(OC1C[N+]2(Cc3ccccc3)CCC1CC2)N(Cc1cc(F)c(F)c(F)c1)c1ccccc1F. The number of quaternary nitrogens is 1. The number of carbonyl (C=O) groups excluding carboxylic acids is 1. The number of piperidine rings is 3. The molecule has 0 radical (unpaired) electrons. The first-order valence-electron chi connectivity index (χ1n) is 12.1. The van der Waals surface area contributed by atoms with Gasteiger partial charge >= 0.3 is 6.09 Å². The number of ether oxygens (including phenoxy) is 1. The van der Waals surface area contributed by atoms with Gasteiger partial charge in [0.1, 0.15) is 18.9 Å². The van der Waals surface area contributed by atoms with Gasteiger partial charge in [0.25, 0.3) is 0 Å². The molecule has 3 heterocycles. The molecule has 3 aromatic rings. The van der Waals surface area contributed by atoms with Gasteiger partial charge in [0.15, 0.2) is 23.6 Å². The molecule has 36 heavy (non-hydrogen) atoms. The zero-order chi connectivity index (χ0) is 25.3. The van der Waals surface area contributed by atoms with E-state index in [2.05, 4.69) is 12.1 Å². The smallest absolute Gasteiger partial charge is 0.415 e. The van der Waals surface area contributed by atoms with Gasteiger partial charge in [-0.15, -0.1) is 0 Å². The number of anilines is 1. The summed E-state index contributed by atoms with van der Waals surface area (Å²) in [6.07, 6.45) is 0.666. The molecule has 3 aliphatic heterocycles. The maximum absolute atomic E-state index is 14.7. The van der Waals surface area contributed by atoms with E-state index >= 15 is 0 Å². The molecule has 0 aromatic heterocycles. The van der Waals surface area contributed by atoms with Gasteiger partial charge in [-0.2, -0.15) is 0 Å². The lowest BCUT2D eigenvalue weighted by Crippen LogP contribution is -2.64. The minimum Gasteiger partial charge on any atom is -0.440 e. The van der Waals surface area contributed by atoms with Gasteiger partial charge in [-0.3, -0.25) is 4.90 Å². The zero-order valence-corrected chi connectivity index (χ0v) is 19.7. The van der Waals surface area contributed by atoms with Crippen LogP contribution in [0.3, 0.4) is 0 Å². The number of rotatable bonds is 6. The predicted octanol–water partition coefficient (Wildman–Crippen LogP) is 6.20. The van der Waals surface area contributed by atoms with E-state index in [1.165, 1.54) is 23.8 Å². The molecule has 3 saturated heterocycles. The van der Waals surface area contributed by atoms with Crippen LogP contribution in [0.4, 0.5) is 28.0 Å². The first-order chi connectivity index (χ1) is 17.3. The summed E-state index contributed by atoms with van der Waals surface area (Å²) in [7, 11) is 0. The van der Waals surface area contributed by atoms with Crippen molar-refractivity contribution >= 4 is 11.8 Å². The first-order valence-corrected chi connectivity index (χ1v) is 12.1. The molecule has 4 nitrogen and oxygen atoms in total. The van der Waals surface area contributed by atoms with Crippen LogP contribution in [-0.4, -0.2) is 36.3 Å². The number of halogens is 4. The summed E-state index contributed by atoms with van der Waals surface area (Å²) in [4.78, 5) is 14.4. The summed E-state index contributed by atoms with van der Waals surface area (Å²) < 4.78 is 62.6. The van der Waals surface area contributed by atoms with Crippen molar-refractivity contribution < 1.29 is 31.6 Å². The van der Waals surface area contributed by atoms with Gasteiger partial charge in [-0.25, -0.2) is 22.4 Å². The topological polar surface area (TPSA) is 29.5 Å². The predicted molar refractivity (Wildman–Crippen MR) is 127 cm³/mol. The van der Waals surface area contributed by atoms with Gasteiger partial charge in [0.2, 0.25) is 0 Å². The number of fused-ring (bicyclic) bond motifs is 3. The Kier molecular flexibility index (Phi) is 6.71. The Balaban J connectivity index is 1.38. The van der Waals surface area contributed by atoms with Crippen molar-refractivity contribution in [3.8, 4) is 0 Å². The highest BCUT2D eigenvalue weighted by molar-refractivity contribution is 5.87. The van der Waals surface area contributed by atoms with Crippen LogP contribution in [-0.2, 0) is 17.8 Å². The average Bonchev–Trinajstić information content (AvgIpc) is 2.87. The third-order valence-electron chi connectivity index (χ3n) is 7.40. The van der Waals surface area contributed by atoms with Crippen molar-refractivity contribution in [1.82, 2.24) is 0 Å². The molecule has 1 unspecified atom stereocenters. The van der Waals surface area contributed by atoms with Gasteiger partial charge < -0.3 is 9.22 Å². The van der Waals surface area contributed by atoms with Crippen LogP contribution in [0, 0.1) is 29.2 Å². The molecule has 0 aliphatic carbocycles. The fourth-order valence-corrected chi connectivity index (χ4v) is 5.54. The number of nitrogens with zero attached hydrogens (tertiary/aromatic N) is 2. The van der Waals surface area contributed by atoms with Crippen molar-refractivity contribution in [2.75, 3.05) is 24.5 Å². The largest absolute Gasteiger partial charge is 0.440 e. The van der Waals surface area contributed by atoms with Crippen LogP contribution >= 0.6 is 0 Å². The van der Waals surface area contributed by atoms with Crippen molar-refractivity contribution in [2.24, 2.45) is 5.92 Å². The first kappa shape index (κ1) is 24.3. The Morgan fingerprint density at radius 2 is 1.50 bits per heavy atom. The maximum atomic E-state index is 14.7. The van der Waals surface area contributed by atoms with E-state index in [1.807, 2.05) is 18.2 Å². The highest BCUT2D eigenvalue weighted by atomic mass is 19.2.